The zero-order valence-electron chi connectivity index (χ0n) is 13.6. The maximum absolute atomic E-state index is 12.5. The second kappa shape index (κ2) is 6.90. The van der Waals surface area contributed by atoms with Crippen molar-refractivity contribution >= 4 is 15.9 Å². The number of nitrogens with one attached hydrogen (secondary N) is 1. The van der Waals surface area contributed by atoms with Gasteiger partial charge in [0.15, 0.2) is 0 Å². The second-order valence-corrected chi connectivity index (χ2v) is 7.40. The van der Waals surface area contributed by atoms with Gasteiger partial charge < -0.3 is 5.32 Å². The minimum Gasteiger partial charge on any atom is -0.346 e. The van der Waals surface area contributed by atoms with E-state index in [2.05, 4.69) is 10.3 Å². The zero-order valence-corrected chi connectivity index (χ0v) is 14.4. The topological polar surface area (TPSA) is 81.1 Å². The van der Waals surface area contributed by atoms with Crippen molar-refractivity contribution in [1.82, 2.24) is 14.3 Å². The minimum atomic E-state index is -3.70. The Hall–Kier alpha value is -2.93. The summed E-state index contributed by atoms with van der Waals surface area (Å²) in [6.07, 6.45) is 4.39. The number of rotatable bonds is 5. The molecule has 0 aliphatic carbocycles. The Kier molecular flexibility index (Phi) is 4.67. The van der Waals surface area contributed by atoms with E-state index in [0.29, 0.717) is 0 Å². The van der Waals surface area contributed by atoms with Gasteiger partial charge in [0, 0.05) is 18.6 Å². The Labute approximate surface area is 146 Å². The molecule has 1 aromatic carbocycles. The number of carbonyl (C=O) groups excluding carboxylic acids is 1. The molecule has 6 nitrogen and oxygen atoms in total. The van der Waals surface area contributed by atoms with Gasteiger partial charge in [0.2, 0.25) is 0 Å². The Morgan fingerprint density at radius 2 is 1.88 bits per heavy atom. The average Bonchev–Trinajstić information content (AvgIpc) is 3.13. The number of benzene rings is 1. The summed E-state index contributed by atoms with van der Waals surface area (Å²) >= 11 is 0. The largest absolute Gasteiger partial charge is 0.346 e. The number of aryl methyl sites for hydroxylation is 1. The predicted octanol–water partition coefficient (Wildman–Crippen LogP) is 2.36. The number of aromatic nitrogens is 2. The number of carbonyl (C=O) groups is 1. The molecule has 0 aliphatic rings. The smallest absolute Gasteiger partial charge is 0.267 e. The number of hydrogen-bond donors (Lipinski definition) is 1. The van der Waals surface area contributed by atoms with Crippen LogP contribution in [-0.2, 0) is 16.6 Å². The van der Waals surface area contributed by atoms with Gasteiger partial charge in [-0.05, 0) is 36.8 Å². The summed E-state index contributed by atoms with van der Waals surface area (Å²) in [5.74, 6) is -0.357. The summed E-state index contributed by atoms with van der Waals surface area (Å²) < 4.78 is 26.0. The summed E-state index contributed by atoms with van der Waals surface area (Å²) in [5, 5.41) is 2.73. The van der Waals surface area contributed by atoms with Crippen LogP contribution in [0.25, 0.3) is 0 Å². The molecule has 0 bridgehead atoms. The molecule has 3 rings (SSSR count). The summed E-state index contributed by atoms with van der Waals surface area (Å²) in [6, 6.07) is 13.3. The van der Waals surface area contributed by atoms with E-state index in [9.17, 15) is 13.2 Å². The number of amides is 1. The molecule has 3 aromatic rings. The van der Waals surface area contributed by atoms with Gasteiger partial charge in [-0.15, -0.1) is 0 Å². The zero-order chi connectivity index (χ0) is 17.9. The molecule has 0 saturated heterocycles. The molecule has 0 radical (unpaired) electrons. The van der Waals surface area contributed by atoms with Crippen molar-refractivity contribution in [3.8, 4) is 0 Å². The third-order valence-electron chi connectivity index (χ3n) is 3.65. The Bertz CT molecular complexity index is 978. The van der Waals surface area contributed by atoms with Crippen LogP contribution in [0.5, 0.6) is 0 Å². The lowest BCUT2D eigenvalue weighted by Gasteiger charge is -2.05. The fourth-order valence-electron chi connectivity index (χ4n) is 2.25. The highest BCUT2D eigenvalue weighted by atomic mass is 32.2. The molecule has 2 heterocycles. The summed E-state index contributed by atoms with van der Waals surface area (Å²) in [7, 11) is -3.70. The third kappa shape index (κ3) is 3.77. The molecule has 1 amide bonds. The molecular weight excluding hydrogens is 338 g/mol. The maximum Gasteiger partial charge on any atom is 0.267 e. The van der Waals surface area contributed by atoms with Crippen molar-refractivity contribution in [2.24, 2.45) is 0 Å². The highest BCUT2D eigenvalue weighted by molar-refractivity contribution is 7.90. The molecule has 25 heavy (non-hydrogen) atoms. The van der Waals surface area contributed by atoms with Gasteiger partial charge in [-0.3, -0.25) is 9.78 Å². The van der Waals surface area contributed by atoms with Crippen LogP contribution >= 0.6 is 0 Å². The van der Waals surface area contributed by atoms with Crippen LogP contribution in [0.1, 0.15) is 21.6 Å². The van der Waals surface area contributed by atoms with Gasteiger partial charge in [0.1, 0.15) is 0 Å². The SMILES string of the molecule is Cc1ccc(CNC(=O)c2ccn(S(=O)(=O)c3ccccc3)c2)nc1. The Balaban J connectivity index is 1.72. The predicted molar refractivity (Wildman–Crippen MR) is 93.6 cm³/mol. The van der Waals surface area contributed by atoms with E-state index in [4.69, 9.17) is 0 Å². The molecular formula is C18H17N3O3S. The number of pyridine rings is 1. The van der Waals surface area contributed by atoms with Crippen LogP contribution in [0.4, 0.5) is 0 Å². The van der Waals surface area contributed by atoms with Gasteiger partial charge in [-0.1, -0.05) is 24.3 Å². The van der Waals surface area contributed by atoms with E-state index in [0.717, 1.165) is 15.2 Å². The van der Waals surface area contributed by atoms with Crippen LogP contribution < -0.4 is 5.32 Å². The monoisotopic (exact) mass is 355 g/mol. The number of nitrogens with zero attached hydrogens (tertiary/aromatic N) is 2. The third-order valence-corrected chi connectivity index (χ3v) is 5.30. The maximum atomic E-state index is 12.5. The average molecular weight is 355 g/mol. The quantitative estimate of drug-likeness (QED) is 0.762. The molecule has 0 unspecified atom stereocenters. The standard InChI is InChI=1S/C18H17N3O3S/c1-14-7-8-16(19-11-14)12-20-18(22)15-9-10-21(13-15)25(23,24)17-5-3-2-4-6-17/h2-11,13H,12H2,1H3,(H,20,22). The van der Waals surface area contributed by atoms with Crippen molar-refractivity contribution in [3.05, 3.63) is 83.9 Å². The summed E-state index contributed by atoms with van der Waals surface area (Å²) in [5.41, 5.74) is 2.04. The van der Waals surface area contributed by atoms with Crippen molar-refractivity contribution in [1.29, 1.82) is 0 Å². The highest BCUT2D eigenvalue weighted by Gasteiger charge is 2.18. The fourth-order valence-corrected chi connectivity index (χ4v) is 3.47. The first kappa shape index (κ1) is 16.9. The van der Waals surface area contributed by atoms with Crippen molar-refractivity contribution in [2.45, 2.75) is 18.4 Å². The van der Waals surface area contributed by atoms with Gasteiger partial charge in [0.05, 0.1) is 22.7 Å². The van der Waals surface area contributed by atoms with E-state index in [-0.39, 0.29) is 22.9 Å². The molecule has 0 saturated carbocycles. The van der Waals surface area contributed by atoms with Crippen LogP contribution in [0.3, 0.4) is 0 Å². The van der Waals surface area contributed by atoms with E-state index in [1.807, 2.05) is 19.1 Å². The first-order valence-electron chi connectivity index (χ1n) is 7.65. The lowest BCUT2D eigenvalue weighted by atomic mass is 10.2. The molecule has 0 fully saturated rings. The van der Waals surface area contributed by atoms with Gasteiger partial charge in [0.25, 0.3) is 15.9 Å². The molecule has 0 spiro atoms. The van der Waals surface area contributed by atoms with Gasteiger partial charge >= 0.3 is 0 Å². The van der Waals surface area contributed by atoms with Crippen molar-refractivity contribution in [3.63, 3.8) is 0 Å². The normalized spacial score (nSPS) is 11.2. The van der Waals surface area contributed by atoms with Crippen LogP contribution in [0, 0.1) is 6.92 Å². The van der Waals surface area contributed by atoms with E-state index < -0.39 is 10.0 Å². The Morgan fingerprint density at radius 3 is 2.56 bits per heavy atom. The molecule has 0 atom stereocenters. The first-order valence-corrected chi connectivity index (χ1v) is 9.09. The van der Waals surface area contributed by atoms with Crippen LogP contribution in [-0.4, -0.2) is 23.3 Å². The van der Waals surface area contributed by atoms with Crippen LogP contribution in [0.2, 0.25) is 0 Å². The first-order chi connectivity index (χ1) is 12.0. The second-order valence-electron chi connectivity index (χ2n) is 5.56. The van der Waals surface area contributed by atoms with E-state index in [1.54, 1.807) is 24.4 Å². The van der Waals surface area contributed by atoms with Gasteiger partial charge in [-0.2, -0.15) is 0 Å². The molecule has 2 aromatic heterocycles. The van der Waals surface area contributed by atoms with Crippen LogP contribution in [0.15, 0.2) is 72.0 Å². The lowest BCUT2D eigenvalue weighted by molar-refractivity contribution is 0.0950. The fraction of sp³-hybridized carbons (Fsp3) is 0.111. The molecule has 128 valence electrons. The summed E-state index contributed by atoms with van der Waals surface area (Å²) in [4.78, 5) is 16.6. The number of hydrogen-bond acceptors (Lipinski definition) is 4. The lowest BCUT2D eigenvalue weighted by Crippen LogP contribution is -2.23. The summed E-state index contributed by atoms with van der Waals surface area (Å²) in [6.45, 7) is 2.21. The molecule has 0 aliphatic heterocycles. The van der Waals surface area contributed by atoms with Gasteiger partial charge in [-0.25, -0.2) is 12.4 Å². The van der Waals surface area contributed by atoms with Crippen molar-refractivity contribution < 1.29 is 13.2 Å². The minimum absolute atomic E-state index is 0.168. The van der Waals surface area contributed by atoms with E-state index in [1.165, 1.54) is 30.6 Å². The van der Waals surface area contributed by atoms with Crippen molar-refractivity contribution in [2.75, 3.05) is 0 Å². The highest BCUT2D eigenvalue weighted by Crippen LogP contribution is 2.14. The van der Waals surface area contributed by atoms with E-state index >= 15 is 0 Å². The molecule has 7 heteroatoms. The Morgan fingerprint density at radius 1 is 1.12 bits per heavy atom. The molecule has 1 N–H and O–H groups in total.